The molecule has 0 bridgehead atoms. The first-order valence-electron chi connectivity index (χ1n) is 9.14. The summed E-state index contributed by atoms with van der Waals surface area (Å²) >= 11 is 2.74. The summed E-state index contributed by atoms with van der Waals surface area (Å²) in [5, 5.41) is 5.16. The van der Waals surface area contributed by atoms with Crippen molar-refractivity contribution >= 4 is 56.5 Å². The highest BCUT2D eigenvalue weighted by Gasteiger charge is 2.18. The lowest BCUT2D eigenvalue weighted by Gasteiger charge is -2.13. The molecule has 2 amide bonds. The van der Waals surface area contributed by atoms with Gasteiger partial charge >= 0.3 is 0 Å². The number of nitrogens with one attached hydrogen (secondary N) is 3. The molecule has 0 aliphatic rings. The number of thiophene rings is 1. The minimum Gasteiger partial charge on any atom is -0.326 e. The maximum absolute atomic E-state index is 14.0. The predicted octanol–water partition coefficient (Wildman–Crippen LogP) is 3.96. The summed E-state index contributed by atoms with van der Waals surface area (Å²) in [5.41, 5.74) is 1.11. The lowest BCUT2D eigenvalue weighted by atomic mass is 10.2. The second-order valence-corrected chi connectivity index (χ2v) is 9.33. The standard InChI is InChI=1S/C20H21FN4O3S2/c1-9-10(2)30-20-17(9)19(28)24-16(25-20)8-29-11(3)18(27)23-15-7-13(22-12(4)26)5-6-14(15)21/h5-7,11H,8H2,1-4H3,(H,22,26)(H,23,27)(H,24,25,28). The van der Waals surface area contributed by atoms with E-state index in [4.69, 9.17) is 0 Å². The summed E-state index contributed by atoms with van der Waals surface area (Å²) in [5.74, 6) is -0.487. The summed E-state index contributed by atoms with van der Waals surface area (Å²) in [7, 11) is 0. The fraction of sp³-hybridized carbons (Fsp3) is 0.300. The Bertz CT molecular complexity index is 1190. The third-order valence-electron chi connectivity index (χ3n) is 4.47. The Morgan fingerprint density at radius 3 is 2.73 bits per heavy atom. The smallest absolute Gasteiger partial charge is 0.259 e. The van der Waals surface area contributed by atoms with Crippen molar-refractivity contribution in [3.8, 4) is 0 Å². The number of aryl methyl sites for hydroxylation is 2. The van der Waals surface area contributed by atoms with Crippen LogP contribution in [0.15, 0.2) is 23.0 Å². The Morgan fingerprint density at radius 1 is 1.30 bits per heavy atom. The van der Waals surface area contributed by atoms with Gasteiger partial charge in [0.1, 0.15) is 16.5 Å². The minimum atomic E-state index is -0.602. The van der Waals surface area contributed by atoms with Gasteiger partial charge in [0.25, 0.3) is 5.56 Å². The largest absolute Gasteiger partial charge is 0.326 e. The zero-order chi connectivity index (χ0) is 22.0. The lowest BCUT2D eigenvalue weighted by molar-refractivity contribution is -0.115. The van der Waals surface area contributed by atoms with Crippen LogP contribution in [0.1, 0.15) is 30.1 Å². The van der Waals surface area contributed by atoms with Crippen LogP contribution in [0.2, 0.25) is 0 Å². The molecule has 0 aliphatic heterocycles. The van der Waals surface area contributed by atoms with Crippen molar-refractivity contribution in [1.29, 1.82) is 0 Å². The Balaban J connectivity index is 1.67. The number of nitrogens with zero attached hydrogens (tertiary/aromatic N) is 1. The number of aromatic nitrogens is 2. The number of hydrogen-bond acceptors (Lipinski definition) is 6. The molecule has 0 aliphatic carbocycles. The number of anilines is 2. The molecule has 2 heterocycles. The van der Waals surface area contributed by atoms with E-state index in [9.17, 15) is 18.8 Å². The molecule has 2 aromatic heterocycles. The van der Waals surface area contributed by atoms with E-state index in [1.807, 2.05) is 13.8 Å². The number of benzene rings is 1. The van der Waals surface area contributed by atoms with Crippen molar-refractivity contribution in [3.63, 3.8) is 0 Å². The topological polar surface area (TPSA) is 104 Å². The molecule has 0 fully saturated rings. The normalized spacial score (nSPS) is 12.0. The van der Waals surface area contributed by atoms with Crippen LogP contribution in [-0.2, 0) is 15.3 Å². The molecule has 1 atom stereocenters. The number of amides is 2. The summed E-state index contributed by atoms with van der Waals surface area (Å²) < 4.78 is 14.0. The molecule has 7 nitrogen and oxygen atoms in total. The maximum Gasteiger partial charge on any atom is 0.259 e. The Morgan fingerprint density at radius 2 is 2.03 bits per heavy atom. The number of fused-ring (bicyclic) bond motifs is 1. The van der Waals surface area contributed by atoms with Crippen LogP contribution in [0.3, 0.4) is 0 Å². The lowest BCUT2D eigenvalue weighted by Crippen LogP contribution is -2.23. The van der Waals surface area contributed by atoms with Gasteiger partial charge in [0.05, 0.1) is 22.1 Å². The average molecular weight is 449 g/mol. The zero-order valence-electron chi connectivity index (χ0n) is 16.9. The molecule has 158 valence electrons. The number of carbonyl (C=O) groups is 2. The van der Waals surface area contributed by atoms with Gasteiger partial charge in [-0.05, 0) is 44.5 Å². The molecule has 3 rings (SSSR count). The van der Waals surface area contributed by atoms with Gasteiger partial charge in [0, 0.05) is 17.5 Å². The van der Waals surface area contributed by atoms with Gasteiger partial charge in [-0.25, -0.2) is 9.37 Å². The number of halogens is 1. The number of rotatable bonds is 6. The van der Waals surface area contributed by atoms with E-state index >= 15 is 0 Å². The molecular formula is C20H21FN4O3S2. The highest BCUT2D eigenvalue weighted by atomic mass is 32.2. The first-order valence-corrected chi connectivity index (χ1v) is 11.0. The molecule has 0 saturated carbocycles. The monoisotopic (exact) mass is 448 g/mol. The molecule has 3 aromatic rings. The van der Waals surface area contributed by atoms with Crippen LogP contribution in [0.25, 0.3) is 10.2 Å². The fourth-order valence-electron chi connectivity index (χ4n) is 2.78. The van der Waals surface area contributed by atoms with Gasteiger partial charge in [0.2, 0.25) is 11.8 Å². The van der Waals surface area contributed by atoms with Gasteiger partial charge in [-0.15, -0.1) is 23.1 Å². The Hall–Kier alpha value is -2.72. The summed E-state index contributed by atoms with van der Waals surface area (Å²) in [6.07, 6.45) is 0. The van der Waals surface area contributed by atoms with E-state index in [1.165, 1.54) is 48.2 Å². The van der Waals surface area contributed by atoms with Crippen LogP contribution < -0.4 is 16.2 Å². The quantitative estimate of drug-likeness (QED) is 0.530. The van der Waals surface area contributed by atoms with Crippen molar-refractivity contribution in [2.24, 2.45) is 0 Å². The summed E-state index contributed by atoms with van der Waals surface area (Å²) in [4.78, 5) is 45.0. The van der Waals surface area contributed by atoms with Crippen LogP contribution in [0, 0.1) is 19.7 Å². The molecule has 3 N–H and O–H groups in total. The second kappa shape index (κ2) is 8.97. The Kier molecular flexibility index (Phi) is 6.57. The predicted molar refractivity (Wildman–Crippen MR) is 120 cm³/mol. The average Bonchev–Trinajstić information content (AvgIpc) is 2.96. The highest BCUT2D eigenvalue weighted by molar-refractivity contribution is 7.99. The van der Waals surface area contributed by atoms with E-state index in [1.54, 1.807) is 6.92 Å². The zero-order valence-corrected chi connectivity index (χ0v) is 18.5. The van der Waals surface area contributed by atoms with E-state index < -0.39 is 17.0 Å². The molecule has 1 aromatic carbocycles. The van der Waals surface area contributed by atoms with Crippen LogP contribution in [-0.4, -0.2) is 27.0 Å². The summed E-state index contributed by atoms with van der Waals surface area (Å²) in [6.45, 7) is 6.87. The third-order valence-corrected chi connectivity index (χ3v) is 6.73. The van der Waals surface area contributed by atoms with Crippen LogP contribution in [0.5, 0.6) is 0 Å². The van der Waals surface area contributed by atoms with Crippen molar-refractivity contribution < 1.29 is 14.0 Å². The van der Waals surface area contributed by atoms with Crippen molar-refractivity contribution in [1.82, 2.24) is 9.97 Å². The molecule has 30 heavy (non-hydrogen) atoms. The van der Waals surface area contributed by atoms with E-state index in [0.717, 1.165) is 10.4 Å². The number of carbonyl (C=O) groups excluding carboxylic acids is 2. The van der Waals surface area contributed by atoms with Crippen molar-refractivity contribution in [2.45, 2.75) is 38.7 Å². The number of hydrogen-bond donors (Lipinski definition) is 3. The van der Waals surface area contributed by atoms with Gasteiger partial charge in [0.15, 0.2) is 0 Å². The van der Waals surface area contributed by atoms with Crippen molar-refractivity contribution in [2.75, 3.05) is 10.6 Å². The first-order chi connectivity index (χ1) is 14.2. The molecule has 0 spiro atoms. The van der Waals surface area contributed by atoms with Crippen molar-refractivity contribution in [3.05, 3.63) is 50.6 Å². The minimum absolute atomic E-state index is 0.0174. The second-order valence-electron chi connectivity index (χ2n) is 6.79. The highest BCUT2D eigenvalue weighted by Crippen LogP contribution is 2.27. The van der Waals surface area contributed by atoms with E-state index in [0.29, 0.717) is 27.5 Å². The van der Waals surface area contributed by atoms with Crippen LogP contribution in [0.4, 0.5) is 15.8 Å². The number of thioether (sulfide) groups is 1. The van der Waals surface area contributed by atoms with Crippen LogP contribution >= 0.6 is 23.1 Å². The molecule has 10 heteroatoms. The van der Waals surface area contributed by atoms with E-state index in [2.05, 4.69) is 20.6 Å². The SMILES string of the molecule is CC(=O)Nc1ccc(F)c(NC(=O)C(C)SCc2nc3sc(C)c(C)c3c(=O)[nH]2)c1. The van der Waals surface area contributed by atoms with E-state index in [-0.39, 0.29) is 17.2 Å². The fourth-order valence-corrected chi connectivity index (χ4v) is 4.59. The first kappa shape index (κ1) is 22.0. The molecule has 0 radical (unpaired) electrons. The summed E-state index contributed by atoms with van der Waals surface area (Å²) in [6, 6.07) is 3.95. The molecule has 1 unspecified atom stereocenters. The third kappa shape index (κ3) is 4.88. The maximum atomic E-state index is 14.0. The molecular weight excluding hydrogens is 427 g/mol. The number of H-pyrrole nitrogens is 1. The van der Waals surface area contributed by atoms with Gasteiger partial charge in [-0.2, -0.15) is 0 Å². The molecule has 0 saturated heterocycles. The number of aromatic amines is 1. The van der Waals surface area contributed by atoms with Gasteiger partial charge in [-0.3, -0.25) is 14.4 Å². The van der Waals surface area contributed by atoms with Gasteiger partial charge in [-0.1, -0.05) is 0 Å². The Labute approximate surface area is 180 Å². The van der Waals surface area contributed by atoms with Gasteiger partial charge < -0.3 is 15.6 Å².